The summed E-state index contributed by atoms with van der Waals surface area (Å²) in [6.45, 7) is 0.538. The van der Waals surface area contributed by atoms with E-state index >= 15 is 0 Å². The number of phenolic OH excluding ortho intramolecular Hbond substituents is 1. The van der Waals surface area contributed by atoms with Crippen molar-refractivity contribution < 1.29 is 9.90 Å². The number of hydrogen-bond donors (Lipinski definition) is 1. The minimum absolute atomic E-state index is 0.0685. The van der Waals surface area contributed by atoms with Gasteiger partial charge in [0, 0.05) is 19.2 Å². The molecule has 4 heteroatoms. The number of amides is 1. The predicted octanol–water partition coefficient (Wildman–Crippen LogP) is 3.43. The van der Waals surface area contributed by atoms with Crippen LogP contribution in [0.2, 0.25) is 0 Å². The minimum atomic E-state index is -0.119. The second-order valence-electron chi connectivity index (χ2n) is 4.31. The van der Waals surface area contributed by atoms with Crippen molar-refractivity contribution in [3.63, 3.8) is 0 Å². The molecule has 1 amide bonds. The molecule has 3 nitrogen and oxygen atoms in total. The first kappa shape index (κ1) is 13.6. The maximum Gasteiger partial charge on any atom is 0.254 e. The fourth-order valence-electron chi connectivity index (χ4n) is 1.80. The maximum atomic E-state index is 12.2. The lowest BCUT2D eigenvalue weighted by Gasteiger charge is -2.17. The molecule has 0 saturated heterocycles. The molecular formula is C15H14BrNO2. The van der Waals surface area contributed by atoms with Gasteiger partial charge in [0.05, 0.1) is 4.47 Å². The first-order valence-corrected chi connectivity index (χ1v) is 6.65. The van der Waals surface area contributed by atoms with Crippen LogP contribution in [0.3, 0.4) is 0 Å². The zero-order valence-corrected chi connectivity index (χ0v) is 12.1. The van der Waals surface area contributed by atoms with E-state index in [9.17, 15) is 9.90 Å². The summed E-state index contributed by atoms with van der Waals surface area (Å²) in [5.74, 6) is -0.0504. The Morgan fingerprint density at radius 3 is 2.53 bits per heavy atom. The van der Waals surface area contributed by atoms with Crippen LogP contribution in [0.4, 0.5) is 0 Å². The van der Waals surface area contributed by atoms with E-state index in [2.05, 4.69) is 15.9 Å². The third-order valence-electron chi connectivity index (χ3n) is 2.80. The van der Waals surface area contributed by atoms with E-state index in [1.54, 1.807) is 24.1 Å². The van der Waals surface area contributed by atoms with Gasteiger partial charge in [-0.25, -0.2) is 0 Å². The van der Waals surface area contributed by atoms with Crippen LogP contribution in [0, 0.1) is 0 Å². The van der Waals surface area contributed by atoms with Crippen molar-refractivity contribution in [2.24, 2.45) is 0 Å². The van der Waals surface area contributed by atoms with Gasteiger partial charge in [-0.15, -0.1) is 0 Å². The third kappa shape index (κ3) is 3.35. The standard InChI is InChI=1S/C15H14BrNO2/c1-17(10-11-5-3-2-4-6-11)15(19)12-7-8-13(16)14(18)9-12/h2-9,18H,10H2,1H3. The van der Waals surface area contributed by atoms with E-state index in [0.29, 0.717) is 16.6 Å². The molecule has 2 aromatic carbocycles. The molecule has 19 heavy (non-hydrogen) atoms. The number of carbonyl (C=O) groups is 1. The van der Waals surface area contributed by atoms with Crippen LogP contribution in [0.1, 0.15) is 15.9 Å². The Morgan fingerprint density at radius 1 is 1.21 bits per heavy atom. The van der Waals surface area contributed by atoms with Crippen molar-refractivity contribution in [2.75, 3.05) is 7.05 Å². The molecule has 0 radical (unpaired) electrons. The number of halogens is 1. The smallest absolute Gasteiger partial charge is 0.254 e. The SMILES string of the molecule is CN(Cc1ccccc1)C(=O)c1ccc(Br)c(O)c1. The molecule has 1 N–H and O–H groups in total. The van der Waals surface area contributed by atoms with E-state index in [-0.39, 0.29) is 11.7 Å². The van der Waals surface area contributed by atoms with E-state index in [0.717, 1.165) is 5.56 Å². The van der Waals surface area contributed by atoms with Crippen LogP contribution in [-0.2, 0) is 6.54 Å². The molecule has 98 valence electrons. The van der Waals surface area contributed by atoms with Crippen LogP contribution in [0.25, 0.3) is 0 Å². The van der Waals surface area contributed by atoms with Crippen molar-refractivity contribution in [3.8, 4) is 5.75 Å². The van der Waals surface area contributed by atoms with Crippen molar-refractivity contribution in [1.82, 2.24) is 4.90 Å². The van der Waals surface area contributed by atoms with Crippen LogP contribution < -0.4 is 0 Å². The summed E-state index contributed by atoms with van der Waals surface area (Å²) in [5, 5.41) is 9.60. The van der Waals surface area contributed by atoms with E-state index in [1.807, 2.05) is 30.3 Å². The number of nitrogens with zero attached hydrogens (tertiary/aromatic N) is 1. The topological polar surface area (TPSA) is 40.5 Å². The number of aromatic hydroxyl groups is 1. The van der Waals surface area contributed by atoms with Crippen molar-refractivity contribution in [3.05, 3.63) is 64.1 Å². The number of rotatable bonds is 3. The average Bonchev–Trinajstić information content (AvgIpc) is 2.42. The lowest BCUT2D eigenvalue weighted by atomic mass is 10.1. The number of carbonyl (C=O) groups excluding carboxylic acids is 1. The molecule has 0 fully saturated rings. The molecule has 0 heterocycles. The summed E-state index contributed by atoms with van der Waals surface area (Å²) in [6, 6.07) is 14.6. The number of benzene rings is 2. The molecule has 0 aromatic heterocycles. The van der Waals surface area contributed by atoms with E-state index in [4.69, 9.17) is 0 Å². The summed E-state index contributed by atoms with van der Waals surface area (Å²) >= 11 is 3.19. The molecule has 2 rings (SSSR count). The first-order valence-electron chi connectivity index (χ1n) is 5.86. The highest BCUT2D eigenvalue weighted by Gasteiger charge is 2.13. The molecule has 0 aliphatic heterocycles. The van der Waals surface area contributed by atoms with Crippen LogP contribution in [-0.4, -0.2) is 23.0 Å². The lowest BCUT2D eigenvalue weighted by molar-refractivity contribution is 0.0784. The Labute approximate surface area is 120 Å². The van der Waals surface area contributed by atoms with Crippen LogP contribution in [0.5, 0.6) is 5.75 Å². The zero-order chi connectivity index (χ0) is 13.8. The van der Waals surface area contributed by atoms with Gasteiger partial charge >= 0.3 is 0 Å². The number of hydrogen-bond acceptors (Lipinski definition) is 2. The van der Waals surface area contributed by atoms with E-state index in [1.165, 1.54) is 6.07 Å². The highest BCUT2D eigenvalue weighted by atomic mass is 79.9. The Hall–Kier alpha value is -1.81. The third-order valence-corrected chi connectivity index (χ3v) is 3.47. The Kier molecular flexibility index (Phi) is 4.22. The second kappa shape index (κ2) is 5.89. The summed E-state index contributed by atoms with van der Waals surface area (Å²) < 4.78 is 0.578. The Balaban J connectivity index is 2.12. The highest BCUT2D eigenvalue weighted by molar-refractivity contribution is 9.10. The average molecular weight is 320 g/mol. The molecule has 0 spiro atoms. The molecule has 0 unspecified atom stereocenters. The fourth-order valence-corrected chi connectivity index (χ4v) is 2.04. The summed E-state index contributed by atoms with van der Waals surface area (Å²) in [6.07, 6.45) is 0. The molecule has 0 aliphatic carbocycles. The van der Waals surface area contributed by atoms with Gasteiger partial charge in [0.15, 0.2) is 0 Å². The van der Waals surface area contributed by atoms with Gasteiger partial charge in [-0.2, -0.15) is 0 Å². The van der Waals surface area contributed by atoms with Crippen molar-refractivity contribution in [2.45, 2.75) is 6.54 Å². The van der Waals surface area contributed by atoms with Gasteiger partial charge in [-0.3, -0.25) is 4.79 Å². The molecular weight excluding hydrogens is 306 g/mol. The Bertz CT molecular complexity index is 584. The zero-order valence-electron chi connectivity index (χ0n) is 10.5. The molecule has 2 aromatic rings. The van der Waals surface area contributed by atoms with Gasteiger partial charge < -0.3 is 10.0 Å². The normalized spacial score (nSPS) is 10.2. The second-order valence-corrected chi connectivity index (χ2v) is 5.17. The van der Waals surface area contributed by atoms with Crippen LogP contribution in [0.15, 0.2) is 53.0 Å². The number of phenols is 1. The summed E-state index contributed by atoms with van der Waals surface area (Å²) in [4.78, 5) is 13.8. The van der Waals surface area contributed by atoms with Gasteiger partial charge in [0.1, 0.15) is 5.75 Å². The van der Waals surface area contributed by atoms with E-state index < -0.39 is 0 Å². The van der Waals surface area contributed by atoms with Gasteiger partial charge in [-0.1, -0.05) is 30.3 Å². The maximum absolute atomic E-state index is 12.2. The van der Waals surface area contributed by atoms with Gasteiger partial charge in [0.25, 0.3) is 5.91 Å². The van der Waals surface area contributed by atoms with Gasteiger partial charge in [0.2, 0.25) is 0 Å². The van der Waals surface area contributed by atoms with Crippen molar-refractivity contribution in [1.29, 1.82) is 0 Å². The monoisotopic (exact) mass is 319 g/mol. The molecule has 0 saturated carbocycles. The molecule has 0 aliphatic rings. The minimum Gasteiger partial charge on any atom is -0.507 e. The largest absolute Gasteiger partial charge is 0.507 e. The Morgan fingerprint density at radius 2 is 1.89 bits per heavy atom. The quantitative estimate of drug-likeness (QED) is 0.941. The van der Waals surface area contributed by atoms with Gasteiger partial charge in [-0.05, 0) is 39.7 Å². The van der Waals surface area contributed by atoms with Crippen molar-refractivity contribution >= 4 is 21.8 Å². The van der Waals surface area contributed by atoms with Crippen LogP contribution >= 0.6 is 15.9 Å². The first-order chi connectivity index (χ1) is 9.08. The summed E-state index contributed by atoms with van der Waals surface area (Å²) in [7, 11) is 1.74. The summed E-state index contributed by atoms with van der Waals surface area (Å²) in [5.41, 5.74) is 1.54. The fraction of sp³-hybridized carbons (Fsp3) is 0.133. The molecule has 0 atom stereocenters. The lowest BCUT2D eigenvalue weighted by Crippen LogP contribution is -2.26. The highest BCUT2D eigenvalue weighted by Crippen LogP contribution is 2.24. The predicted molar refractivity (Wildman–Crippen MR) is 78.0 cm³/mol. The molecule has 0 bridgehead atoms.